The minimum atomic E-state index is 0.337. The molecule has 2 aromatic heterocycles. The summed E-state index contributed by atoms with van der Waals surface area (Å²) in [7, 11) is 4.64. The van der Waals surface area contributed by atoms with Crippen molar-refractivity contribution >= 4 is 23.4 Å². The third-order valence-electron chi connectivity index (χ3n) is 4.30. The van der Waals surface area contributed by atoms with Crippen LogP contribution in [0.15, 0.2) is 56.7 Å². The van der Waals surface area contributed by atoms with Gasteiger partial charge in [-0.1, -0.05) is 23.4 Å². The Bertz CT molecular complexity index is 1150. The van der Waals surface area contributed by atoms with Crippen molar-refractivity contribution in [3.05, 3.63) is 53.4 Å². The number of rotatable bonds is 8. The van der Waals surface area contributed by atoms with Crippen molar-refractivity contribution in [2.75, 3.05) is 21.3 Å². The standard InChI is InChI=1S/C21H18ClN3O5S/c1-26-16-8-13(9-17(27-2)18(16)28-3)20-24-25-21(30-20)31-11-15-10-29-19(23-15)12-4-6-14(22)7-5-12/h4-10H,11H2,1-3H3. The number of benzene rings is 2. The second-order valence-electron chi connectivity index (χ2n) is 6.23. The van der Waals surface area contributed by atoms with E-state index in [0.29, 0.717) is 50.6 Å². The Morgan fingerprint density at radius 1 is 0.903 bits per heavy atom. The monoisotopic (exact) mass is 459 g/mol. The van der Waals surface area contributed by atoms with Gasteiger partial charge in [0.05, 0.1) is 27.0 Å². The van der Waals surface area contributed by atoms with Crippen molar-refractivity contribution in [1.29, 1.82) is 0 Å². The molecule has 10 heteroatoms. The molecule has 0 atom stereocenters. The molecule has 2 heterocycles. The number of methoxy groups -OCH3 is 3. The largest absolute Gasteiger partial charge is 0.493 e. The van der Waals surface area contributed by atoms with Crippen LogP contribution < -0.4 is 14.2 Å². The van der Waals surface area contributed by atoms with Crippen molar-refractivity contribution < 1.29 is 23.0 Å². The summed E-state index contributed by atoms with van der Waals surface area (Å²) in [6, 6.07) is 10.8. The quantitative estimate of drug-likeness (QED) is 0.322. The molecule has 0 amide bonds. The maximum Gasteiger partial charge on any atom is 0.277 e. The summed E-state index contributed by atoms with van der Waals surface area (Å²) in [5.41, 5.74) is 2.26. The molecule has 0 aliphatic heterocycles. The summed E-state index contributed by atoms with van der Waals surface area (Å²) in [5.74, 6) is 2.86. The van der Waals surface area contributed by atoms with Crippen LogP contribution >= 0.6 is 23.4 Å². The van der Waals surface area contributed by atoms with Gasteiger partial charge in [0.1, 0.15) is 6.26 Å². The van der Waals surface area contributed by atoms with E-state index < -0.39 is 0 Å². The van der Waals surface area contributed by atoms with E-state index in [1.54, 1.807) is 51.9 Å². The van der Waals surface area contributed by atoms with E-state index in [1.807, 2.05) is 12.1 Å². The first-order valence-corrected chi connectivity index (χ1v) is 10.4. The number of oxazole rings is 1. The molecular formula is C21H18ClN3O5S. The molecule has 0 N–H and O–H groups in total. The summed E-state index contributed by atoms with van der Waals surface area (Å²) in [4.78, 5) is 4.49. The highest BCUT2D eigenvalue weighted by Gasteiger charge is 2.18. The molecule has 0 saturated carbocycles. The molecule has 0 unspecified atom stereocenters. The minimum Gasteiger partial charge on any atom is -0.493 e. The molecule has 2 aromatic carbocycles. The lowest BCUT2D eigenvalue weighted by Gasteiger charge is -2.12. The smallest absolute Gasteiger partial charge is 0.277 e. The van der Waals surface area contributed by atoms with Crippen LogP contribution in [0.1, 0.15) is 5.69 Å². The molecule has 0 aliphatic rings. The maximum absolute atomic E-state index is 5.92. The van der Waals surface area contributed by atoms with Gasteiger partial charge in [-0.3, -0.25) is 0 Å². The number of ether oxygens (including phenoxy) is 3. The number of hydrogen-bond donors (Lipinski definition) is 0. The molecule has 0 spiro atoms. The molecule has 0 fully saturated rings. The van der Waals surface area contributed by atoms with E-state index in [-0.39, 0.29) is 0 Å². The summed E-state index contributed by atoms with van der Waals surface area (Å²) < 4.78 is 27.4. The van der Waals surface area contributed by atoms with Crippen molar-refractivity contribution in [2.24, 2.45) is 0 Å². The first kappa shape index (κ1) is 21.1. The highest BCUT2D eigenvalue weighted by atomic mass is 35.5. The summed E-state index contributed by atoms with van der Waals surface area (Å²) in [6.45, 7) is 0. The number of hydrogen-bond acceptors (Lipinski definition) is 9. The lowest BCUT2D eigenvalue weighted by molar-refractivity contribution is 0.324. The highest BCUT2D eigenvalue weighted by molar-refractivity contribution is 7.98. The first-order valence-electron chi connectivity index (χ1n) is 9.08. The van der Waals surface area contributed by atoms with E-state index in [9.17, 15) is 0 Å². The molecular weight excluding hydrogens is 442 g/mol. The molecule has 31 heavy (non-hydrogen) atoms. The predicted molar refractivity (Wildman–Crippen MR) is 116 cm³/mol. The predicted octanol–water partition coefficient (Wildman–Crippen LogP) is 5.36. The Labute approximate surface area is 187 Å². The van der Waals surface area contributed by atoms with Crippen molar-refractivity contribution in [3.8, 4) is 40.2 Å². The van der Waals surface area contributed by atoms with Crippen molar-refractivity contribution in [3.63, 3.8) is 0 Å². The summed E-state index contributed by atoms with van der Waals surface area (Å²) >= 11 is 7.28. The van der Waals surface area contributed by atoms with E-state index in [0.717, 1.165) is 11.3 Å². The lowest BCUT2D eigenvalue weighted by Crippen LogP contribution is -1.95. The van der Waals surface area contributed by atoms with Crippen LogP contribution in [0.25, 0.3) is 22.9 Å². The minimum absolute atomic E-state index is 0.337. The number of thioether (sulfide) groups is 1. The van der Waals surface area contributed by atoms with Gasteiger partial charge in [0.15, 0.2) is 11.5 Å². The van der Waals surface area contributed by atoms with Gasteiger partial charge in [-0.15, -0.1) is 10.2 Å². The Kier molecular flexibility index (Phi) is 6.34. The molecule has 0 saturated heterocycles. The van der Waals surface area contributed by atoms with E-state index in [1.165, 1.54) is 11.8 Å². The van der Waals surface area contributed by atoms with Crippen LogP contribution in [-0.4, -0.2) is 36.5 Å². The third-order valence-corrected chi connectivity index (χ3v) is 5.41. The normalized spacial score (nSPS) is 10.8. The lowest BCUT2D eigenvalue weighted by atomic mass is 10.2. The second kappa shape index (κ2) is 9.32. The van der Waals surface area contributed by atoms with E-state index >= 15 is 0 Å². The SMILES string of the molecule is COc1cc(-c2nnc(SCc3coc(-c4ccc(Cl)cc4)n3)o2)cc(OC)c1OC. The third kappa shape index (κ3) is 4.62. The Balaban J connectivity index is 1.47. The fourth-order valence-corrected chi connectivity index (χ4v) is 3.59. The van der Waals surface area contributed by atoms with Crippen molar-refractivity contribution in [2.45, 2.75) is 11.0 Å². The molecule has 0 bridgehead atoms. The molecule has 160 valence electrons. The van der Waals surface area contributed by atoms with Crippen LogP contribution in [0.4, 0.5) is 0 Å². The molecule has 8 nitrogen and oxygen atoms in total. The van der Waals surface area contributed by atoms with Crippen LogP contribution in [0.2, 0.25) is 5.02 Å². The fourth-order valence-electron chi connectivity index (χ4n) is 2.82. The Morgan fingerprint density at radius 2 is 1.61 bits per heavy atom. The van der Waals surface area contributed by atoms with Crippen LogP contribution in [0.3, 0.4) is 0 Å². The topological polar surface area (TPSA) is 92.6 Å². The van der Waals surface area contributed by atoms with Gasteiger partial charge >= 0.3 is 0 Å². The van der Waals surface area contributed by atoms with Gasteiger partial charge in [-0.05, 0) is 36.4 Å². The molecule has 4 aromatic rings. The van der Waals surface area contributed by atoms with Crippen LogP contribution in [0, 0.1) is 0 Å². The summed E-state index contributed by atoms with van der Waals surface area (Å²) in [6.07, 6.45) is 1.60. The summed E-state index contributed by atoms with van der Waals surface area (Å²) in [5, 5.41) is 9.28. The second-order valence-corrected chi connectivity index (χ2v) is 7.59. The molecule has 0 aliphatic carbocycles. The highest BCUT2D eigenvalue weighted by Crippen LogP contribution is 2.41. The maximum atomic E-state index is 5.92. The van der Waals surface area contributed by atoms with Gasteiger partial charge in [-0.25, -0.2) is 4.98 Å². The zero-order valence-corrected chi connectivity index (χ0v) is 18.5. The van der Waals surface area contributed by atoms with Crippen LogP contribution in [-0.2, 0) is 5.75 Å². The van der Waals surface area contributed by atoms with Crippen molar-refractivity contribution in [1.82, 2.24) is 15.2 Å². The molecule has 4 rings (SSSR count). The van der Waals surface area contributed by atoms with Gasteiger partial charge in [0.25, 0.3) is 5.22 Å². The van der Waals surface area contributed by atoms with Gasteiger partial charge in [-0.2, -0.15) is 0 Å². The average Bonchev–Trinajstić information content (AvgIpc) is 3.47. The van der Waals surface area contributed by atoms with Gasteiger partial charge < -0.3 is 23.0 Å². The van der Waals surface area contributed by atoms with Crippen LogP contribution in [0.5, 0.6) is 17.2 Å². The zero-order chi connectivity index (χ0) is 21.8. The van der Waals surface area contributed by atoms with Gasteiger partial charge in [0, 0.05) is 21.9 Å². The van der Waals surface area contributed by atoms with E-state index in [2.05, 4.69) is 15.2 Å². The zero-order valence-electron chi connectivity index (χ0n) is 16.9. The fraction of sp³-hybridized carbons (Fsp3) is 0.190. The Hall–Kier alpha value is -3.17. The van der Waals surface area contributed by atoms with Gasteiger partial charge in [0.2, 0.25) is 17.5 Å². The first-order chi connectivity index (χ1) is 15.1. The number of nitrogens with zero attached hydrogens (tertiary/aromatic N) is 3. The Morgan fingerprint density at radius 3 is 2.26 bits per heavy atom. The number of halogens is 1. The average molecular weight is 460 g/mol. The van der Waals surface area contributed by atoms with E-state index in [4.69, 9.17) is 34.6 Å². The number of aromatic nitrogens is 3. The molecule has 0 radical (unpaired) electrons.